The first-order valence-corrected chi connectivity index (χ1v) is 5.82. The normalized spacial score (nSPS) is 10.1. The number of ether oxygens (including phenoxy) is 2. The average molecular weight is 261 g/mol. The predicted molar refractivity (Wildman–Crippen MR) is 70.1 cm³/mol. The van der Waals surface area contributed by atoms with E-state index in [4.69, 9.17) is 15.3 Å². The standard InChI is InChI=1S/C12H15N5O2/c1-3-18-11-14-10(17-13)15-12(16-11)19-9-7-5-4-6-8(9)2/h4-7H,3,13H2,1-2H3,(H,14,15,16,17). The third kappa shape index (κ3) is 3.29. The highest BCUT2D eigenvalue weighted by molar-refractivity contribution is 5.35. The molecule has 0 saturated heterocycles. The zero-order valence-electron chi connectivity index (χ0n) is 10.8. The van der Waals surface area contributed by atoms with E-state index in [0.717, 1.165) is 5.56 Å². The summed E-state index contributed by atoms with van der Waals surface area (Å²) in [6.07, 6.45) is 0. The zero-order chi connectivity index (χ0) is 13.7. The van der Waals surface area contributed by atoms with Gasteiger partial charge < -0.3 is 9.47 Å². The van der Waals surface area contributed by atoms with Crippen LogP contribution in [0.3, 0.4) is 0 Å². The van der Waals surface area contributed by atoms with E-state index in [0.29, 0.717) is 12.4 Å². The monoisotopic (exact) mass is 261 g/mol. The van der Waals surface area contributed by atoms with Gasteiger partial charge in [0.05, 0.1) is 6.61 Å². The van der Waals surface area contributed by atoms with Crippen molar-refractivity contribution < 1.29 is 9.47 Å². The van der Waals surface area contributed by atoms with Crippen molar-refractivity contribution in [2.45, 2.75) is 13.8 Å². The number of benzene rings is 1. The Labute approximate surface area is 110 Å². The number of aromatic nitrogens is 3. The maximum atomic E-state index is 5.60. The molecule has 2 aromatic rings. The number of hydrogen-bond donors (Lipinski definition) is 2. The molecule has 0 aliphatic carbocycles. The lowest BCUT2D eigenvalue weighted by Crippen LogP contribution is -2.12. The van der Waals surface area contributed by atoms with Gasteiger partial charge in [0.25, 0.3) is 0 Å². The fraction of sp³-hybridized carbons (Fsp3) is 0.250. The number of hydrazine groups is 1. The number of hydrogen-bond acceptors (Lipinski definition) is 7. The van der Waals surface area contributed by atoms with Crippen LogP contribution in [-0.4, -0.2) is 21.6 Å². The molecule has 3 N–H and O–H groups in total. The van der Waals surface area contributed by atoms with Crippen molar-refractivity contribution in [3.63, 3.8) is 0 Å². The number of nitrogens with zero attached hydrogens (tertiary/aromatic N) is 3. The fourth-order valence-electron chi connectivity index (χ4n) is 1.41. The van der Waals surface area contributed by atoms with Crippen molar-refractivity contribution in [2.24, 2.45) is 5.84 Å². The van der Waals surface area contributed by atoms with Crippen molar-refractivity contribution in [3.8, 4) is 17.8 Å². The molecule has 0 amide bonds. The van der Waals surface area contributed by atoms with Crippen molar-refractivity contribution in [2.75, 3.05) is 12.0 Å². The first-order valence-electron chi connectivity index (χ1n) is 5.82. The second kappa shape index (κ2) is 5.96. The van der Waals surface area contributed by atoms with Gasteiger partial charge >= 0.3 is 12.0 Å². The van der Waals surface area contributed by atoms with E-state index >= 15 is 0 Å². The zero-order valence-corrected chi connectivity index (χ0v) is 10.8. The molecule has 0 saturated carbocycles. The minimum Gasteiger partial charge on any atom is -0.464 e. The van der Waals surface area contributed by atoms with E-state index in [-0.39, 0.29) is 18.0 Å². The highest BCUT2D eigenvalue weighted by atomic mass is 16.5. The molecule has 100 valence electrons. The molecular weight excluding hydrogens is 246 g/mol. The molecule has 1 aromatic carbocycles. The second-order valence-corrected chi connectivity index (χ2v) is 3.67. The van der Waals surface area contributed by atoms with Crippen LogP contribution in [0.15, 0.2) is 24.3 Å². The summed E-state index contributed by atoms with van der Waals surface area (Å²) in [6.45, 7) is 4.21. The van der Waals surface area contributed by atoms with Crippen LogP contribution in [0.5, 0.6) is 17.8 Å². The Balaban J connectivity index is 2.29. The van der Waals surface area contributed by atoms with Gasteiger partial charge in [-0.05, 0) is 25.5 Å². The number of nitrogen functional groups attached to an aromatic ring is 1. The molecule has 0 fully saturated rings. The summed E-state index contributed by atoms with van der Waals surface area (Å²) in [6, 6.07) is 7.84. The summed E-state index contributed by atoms with van der Waals surface area (Å²) in [4.78, 5) is 12.0. The van der Waals surface area contributed by atoms with Crippen molar-refractivity contribution in [1.82, 2.24) is 15.0 Å². The summed E-state index contributed by atoms with van der Waals surface area (Å²) >= 11 is 0. The molecule has 0 aliphatic heterocycles. The molecular formula is C12H15N5O2. The Morgan fingerprint density at radius 1 is 1.16 bits per heavy atom. The molecule has 0 unspecified atom stereocenters. The maximum absolute atomic E-state index is 5.60. The number of nitrogens with one attached hydrogen (secondary N) is 1. The summed E-state index contributed by atoms with van der Waals surface area (Å²) in [5.74, 6) is 6.14. The quantitative estimate of drug-likeness (QED) is 0.624. The van der Waals surface area contributed by atoms with E-state index in [9.17, 15) is 0 Å². The van der Waals surface area contributed by atoms with Gasteiger partial charge in [-0.25, -0.2) is 5.84 Å². The molecule has 7 nitrogen and oxygen atoms in total. The highest BCUT2D eigenvalue weighted by Crippen LogP contribution is 2.23. The molecule has 0 spiro atoms. The first kappa shape index (κ1) is 13.0. The fourth-order valence-corrected chi connectivity index (χ4v) is 1.41. The molecule has 7 heteroatoms. The van der Waals surface area contributed by atoms with Gasteiger partial charge in [-0.2, -0.15) is 9.97 Å². The Bertz CT molecular complexity index is 562. The van der Waals surface area contributed by atoms with Crippen LogP contribution in [0.1, 0.15) is 12.5 Å². The topological polar surface area (TPSA) is 95.2 Å². The number of aryl methyl sites for hydroxylation is 1. The lowest BCUT2D eigenvalue weighted by atomic mass is 10.2. The SMILES string of the molecule is CCOc1nc(NN)nc(Oc2ccccc2C)n1. The molecule has 0 atom stereocenters. The van der Waals surface area contributed by atoms with E-state index in [2.05, 4.69) is 20.4 Å². The molecule has 2 rings (SSSR count). The van der Waals surface area contributed by atoms with E-state index in [1.165, 1.54) is 0 Å². The Kier molecular flexibility index (Phi) is 4.09. The van der Waals surface area contributed by atoms with Crippen LogP contribution in [0.25, 0.3) is 0 Å². The Hall–Kier alpha value is -2.41. The number of anilines is 1. The van der Waals surface area contributed by atoms with Crippen LogP contribution < -0.4 is 20.7 Å². The molecule has 1 heterocycles. The van der Waals surface area contributed by atoms with Gasteiger partial charge in [0.15, 0.2) is 0 Å². The second-order valence-electron chi connectivity index (χ2n) is 3.67. The van der Waals surface area contributed by atoms with Crippen LogP contribution >= 0.6 is 0 Å². The number of rotatable bonds is 5. The molecule has 0 aliphatic rings. The van der Waals surface area contributed by atoms with Crippen molar-refractivity contribution in [1.29, 1.82) is 0 Å². The third-order valence-corrected chi connectivity index (χ3v) is 2.29. The van der Waals surface area contributed by atoms with Gasteiger partial charge in [-0.3, -0.25) is 5.43 Å². The summed E-state index contributed by atoms with van der Waals surface area (Å²) in [5, 5.41) is 0. The van der Waals surface area contributed by atoms with Gasteiger partial charge in [-0.15, -0.1) is 4.98 Å². The van der Waals surface area contributed by atoms with E-state index in [1.54, 1.807) is 0 Å². The minimum atomic E-state index is 0.126. The summed E-state index contributed by atoms with van der Waals surface area (Å²) < 4.78 is 10.8. The van der Waals surface area contributed by atoms with Crippen LogP contribution in [0, 0.1) is 6.92 Å². The van der Waals surface area contributed by atoms with E-state index < -0.39 is 0 Å². The van der Waals surface area contributed by atoms with Gasteiger partial charge in [0, 0.05) is 0 Å². The van der Waals surface area contributed by atoms with Crippen LogP contribution in [-0.2, 0) is 0 Å². The third-order valence-electron chi connectivity index (χ3n) is 2.29. The maximum Gasteiger partial charge on any atom is 0.330 e. The largest absolute Gasteiger partial charge is 0.464 e. The Morgan fingerprint density at radius 2 is 1.89 bits per heavy atom. The van der Waals surface area contributed by atoms with Crippen LogP contribution in [0.4, 0.5) is 5.95 Å². The number of nitrogens with two attached hydrogens (primary N) is 1. The average Bonchev–Trinajstić information content (AvgIpc) is 2.41. The predicted octanol–water partition coefficient (Wildman–Crippen LogP) is 1.66. The molecule has 1 aromatic heterocycles. The van der Waals surface area contributed by atoms with Crippen molar-refractivity contribution >= 4 is 5.95 Å². The summed E-state index contributed by atoms with van der Waals surface area (Å²) in [7, 11) is 0. The first-order chi connectivity index (χ1) is 9.22. The van der Waals surface area contributed by atoms with Gasteiger partial charge in [0.1, 0.15) is 5.75 Å². The molecule has 0 radical (unpaired) electrons. The molecule has 0 bridgehead atoms. The Morgan fingerprint density at radius 3 is 2.58 bits per heavy atom. The number of para-hydroxylation sites is 1. The lowest BCUT2D eigenvalue weighted by molar-refractivity contribution is 0.303. The lowest BCUT2D eigenvalue weighted by Gasteiger charge is -2.09. The van der Waals surface area contributed by atoms with Gasteiger partial charge in [0.2, 0.25) is 5.95 Å². The highest BCUT2D eigenvalue weighted by Gasteiger charge is 2.09. The van der Waals surface area contributed by atoms with Gasteiger partial charge in [-0.1, -0.05) is 18.2 Å². The molecule has 19 heavy (non-hydrogen) atoms. The van der Waals surface area contributed by atoms with Crippen molar-refractivity contribution in [3.05, 3.63) is 29.8 Å². The summed E-state index contributed by atoms with van der Waals surface area (Å²) in [5.41, 5.74) is 3.32. The van der Waals surface area contributed by atoms with E-state index in [1.807, 2.05) is 38.1 Å². The minimum absolute atomic E-state index is 0.126. The van der Waals surface area contributed by atoms with Crippen LogP contribution in [0.2, 0.25) is 0 Å². The smallest absolute Gasteiger partial charge is 0.330 e.